The first-order chi connectivity index (χ1) is 18.9. The van der Waals surface area contributed by atoms with Gasteiger partial charge in [0.05, 0.1) is 27.9 Å². The molecule has 39 heavy (non-hydrogen) atoms. The van der Waals surface area contributed by atoms with E-state index in [2.05, 4.69) is 17.1 Å². The van der Waals surface area contributed by atoms with Gasteiger partial charge < -0.3 is 18.9 Å². The summed E-state index contributed by atoms with van der Waals surface area (Å²) in [6.07, 6.45) is 7.41. The molecule has 1 aromatic heterocycles. The number of hydrogen-bond donors (Lipinski definition) is 0. The SMILES string of the molecule is COC(=O)CCc1cc(C(=O)c2cccc(C(=O)OC)n2)ccc1OCCCCC=Cc1ccc(OC)cc1. The summed E-state index contributed by atoms with van der Waals surface area (Å²) in [5, 5.41) is 0. The number of ketones is 1. The molecule has 0 saturated heterocycles. The Balaban J connectivity index is 1.61. The van der Waals surface area contributed by atoms with Crippen molar-refractivity contribution in [3.63, 3.8) is 0 Å². The van der Waals surface area contributed by atoms with Gasteiger partial charge in [-0.3, -0.25) is 9.59 Å². The molecule has 2 aromatic carbocycles. The average Bonchev–Trinajstić information content (AvgIpc) is 2.99. The van der Waals surface area contributed by atoms with Crippen molar-refractivity contribution >= 4 is 23.8 Å². The fourth-order valence-corrected chi connectivity index (χ4v) is 3.80. The molecule has 204 valence electrons. The molecule has 0 aliphatic carbocycles. The van der Waals surface area contributed by atoms with Crippen molar-refractivity contribution in [2.75, 3.05) is 27.9 Å². The van der Waals surface area contributed by atoms with Crippen LogP contribution in [0.3, 0.4) is 0 Å². The molecule has 8 heteroatoms. The van der Waals surface area contributed by atoms with Crippen molar-refractivity contribution < 1.29 is 33.3 Å². The van der Waals surface area contributed by atoms with Crippen LogP contribution in [-0.2, 0) is 20.7 Å². The van der Waals surface area contributed by atoms with Gasteiger partial charge in [-0.25, -0.2) is 9.78 Å². The number of carbonyl (C=O) groups excluding carboxylic acids is 3. The van der Waals surface area contributed by atoms with E-state index in [0.717, 1.165) is 36.1 Å². The van der Waals surface area contributed by atoms with Gasteiger partial charge in [0.25, 0.3) is 0 Å². The van der Waals surface area contributed by atoms with Crippen LogP contribution in [0.15, 0.2) is 66.7 Å². The van der Waals surface area contributed by atoms with Gasteiger partial charge in [-0.1, -0.05) is 30.4 Å². The highest BCUT2D eigenvalue weighted by atomic mass is 16.5. The van der Waals surface area contributed by atoms with Gasteiger partial charge in [-0.05, 0) is 79.3 Å². The highest BCUT2D eigenvalue weighted by Crippen LogP contribution is 2.24. The van der Waals surface area contributed by atoms with Gasteiger partial charge in [-0.2, -0.15) is 0 Å². The van der Waals surface area contributed by atoms with Gasteiger partial charge in [0.2, 0.25) is 5.78 Å². The molecule has 3 rings (SSSR count). The fraction of sp³-hybridized carbons (Fsp3) is 0.290. The molecule has 0 spiro atoms. The number of esters is 2. The number of aryl methyl sites for hydroxylation is 1. The zero-order valence-electron chi connectivity index (χ0n) is 22.5. The van der Waals surface area contributed by atoms with E-state index in [-0.39, 0.29) is 29.6 Å². The number of carbonyl (C=O) groups is 3. The minimum Gasteiger partial charge on any atom is -0.497 e. The van der Waals surface area contributed by atoms with Crippen LogP contribution in [0.5, 0.6) is 11.5 Å². The van der Waals surface area contributed by atoms with Gasteiger partial charge in [0, 0.05) is 12.0 Å². The molecule has 0 aliphatic heterocycles. The van der Waals surface area contributed by atoms with Crippen LogP contribution in [0, 0.1) is 0 Å². The van der Waals surface area contributed by atoms with Gasteiger partial charge in [0.1, 0.15) is 22.9 Å². The standard InChI is InChI=1S/C31H33NO7/c1-36-25-16-12-22(13-17-25)9-6-4-5-7-20-39-28-18-14-24(21-23(28)15-19-29(33)37-2)30(34)26-10-8-11-27(32-26)31(35)38-3/h6,8-14,16-18,21H,4-5,7,15,19-20H2,1-3H3. The Hall–Kier alpha value is -4.46. The smallest absolute Gasteiger partial charge is 0.356 e. The quantitative estimate of drug-likeness (QED) is 0.153. The average molecular weight is 532 g/mol. The van der Waals surface area contributed by atoms with Crippen LogP contribution in [0.2, 0.25) is 0 Å². The molecule has 0 amide bonds. The lowest BCUT2D eigenvalue weighted by molar-refractivity contribution is -0.140. The molecule has 0 fully saturated rings. The lowest BCUT2D eigenvalue weighted by atomic mass is 10.0. The second-order valence-corrected chi connectivity index (χ2v) is 8.65. The summed E-state index contributed by atoms with van der Waals surface area (Å²) in [7, 11) is 4.24. The topological polar surface area (TPSA) is 101 Å². The van der Waals surface area contributed by atoms with Crippen LogP contribution in [-0.4, -0.2) is 50.6 Å². The Bertz CT molecular complexity index is 1300. The molecule has 0 N–H and O–H groups in total. The summed E-state index contributed by atoms with van der Waals surface area (Å²) in [6, 6.07) is 17.6. The molecule has 1 heterocycles. The number of aromatic nitrogens is 1. The summed E-state index contributed by atoms with van der Waals surface area (Å²) in [5.74, 6) is 0.116. The maximum absolute atomic E-state index is 13.1. The number of nitrogens with zero attached hydrogens (tertiary/aromatic N) is 1. The van der Waals surface area contributed by atoms with E-state index in [0.29, 0.717) is 24.3 Å². The van der Waals surface area contributed by atoms with Crippen molar-refractivity contribution in [3.05, 3.63) is 94.8 Å². The van der Waals surface area contributed by atoms with Crippen LogP contribution in [0.4, 0.5) is 0 Å². The molecule has 0 atom stereocenters. The Morgan fingerprint density at radius 1 is 0.872 bits per heavy atom. The summed E-state index contributed by atoms with van der Waals surface area (Å²) in [4.78, 5) is 40.8. The Morgan fingerprint density at radius 3 is 2.36 bits per heavy atom. The third-order valence-corrected chi connectivity index (χ3v) is 5.97. The van der Waals surface area contributed by atoms with Crippen LogP contribution in [0.25, 0.3) is 6.08 Å². The first-order valence-electron chi connectivity index (χ1n) is 12.7. The molecular weight excluding hydrogens is 498 g/mol. The van der Waals surface area contributed by atoms with E-state index in [1.54, 1.807) is 31.4 Å². The minimum absolute atomic E-state index is 0.0491. The summed E-state index contributed by atoms with van der Waals surface area (Å²) < 4.78 is 20.7. The molecule has 0 aliphatic rings. The first kappa shape index (κ1) is 29.1. The van der Waals surface area contributed by atoms with Crippen molar-refractivity contribution in [1.29, 1.82) is 0 Å². The molecule has 0 unspecified atom stereocenters. The van der Waals surface area contributed by atoms with Crippen LogP contribution in [0.1, 0.15) is 63.4 Å². The van der Waals surface area contributed by atoms with E-state index in [9.17, 15) is 14.4 Å². The maximum atomic E-state index is 13.1. The van der Waals surface area contributed by atoms with Crippen LogP contribution >= 0.6 is 0 Å². The molecule has 3 aromatic rings. The lowest BCUT2D eigenvalue weighted by Gasteiger charge is -2.13. The predicted octanol–water partition coefficient (Wildman–Crippen LogP) is 5.48. The summed E-state index contributed by atoms with van der Waals surface area (Å²) >= 11 is 0. The van der Waals surface area contributed by atoms with Gasteiger partial charge >= 0.3 is 11.9 Å². The number of ether oxygens (including phenoxy) is 4. The first-order valence-corrected chi connectivity index (χ1v) is 12.7. The minimum atomic E-state index is -0.622. The highest BCUT2D eigenvalue weighted by Gasteiger charge is 2.17. The van der Waals surface area contributed by atoms with E-state index < -0.39 is 5.97 Å². The highest BCUT2D eigenvalue weighted by molar-refractivity contribution is 6.08. The Labute approximate surface area is 228 Å². The number of methoxy groups -OCH3 is 3. The zero-order valence-corrected chi connectivity index (χ0v) is 22.5. The Kier molecular flexibility index (Phi) is 11.2. The molecule has 0 saturated carbocycles. The van der Waals surface area contributed by atoms with Gasteiger partial charge in [0.15, 0.2) is 0 Å². The molecule has 0 radical (unpaired) electrons. The van der Waals surface area contributed by atoms with Gasteiger partial charge in [-0.15, -0.1) is 0 Å². The molecule has 0 bridgehead atoms. The van der Waals surface area contributed by atoms with Crippen molar-refractivity contribution in [3.8, 4) is 11.5 Å². The number of rotatable bonds is 14. The van der Waals surface area contributed by atoms with E-state index in [1.807, 2.05) is 24.3 Å². The molecule has 8 nitrogen and oxygen atoms in total. The second kappa shape index (κ2) is 15.1. The third-order valence-electron chi connectivity index (χ3n) is 5.97. The Morgan fingerprint density at radius 2 is 1.64 bits per heavy atom. The van der Waals surface area contributed by atoms with E-state index in [4.69, 9.17) is 18.9 Å². The third kappa shape index (κ3) is 8.81. The fourth-order valence-electron chi connectivity index (χ4n) is 3.80. The summed E-state index contributed by atoms with van der Waals surface area (Å²) in [5.41, 5.74) is 2.38. The monoisotopic (exact) mass is 531 g/mol. The lowest BCUT2D eigenvalue weighted by Crippen LogP contribution is -2.11. The van der Waals surface area contributed by atoms with E-state index in [1.165, 1.54) is 26.4 Å². The summed E-state index contributed by atoms with van der Waals surface area (Å²) in [6.45, 7) is 0.498. The number of benzene rings is 2. The number of pyridine rings is 1. The number of allylic oxidation sites excluding steroid dienone is 1. The zero-order chi connectivity index (χ0) is 28.0. The van der Waals surface area contributed by atoms with Crippen molar-refractivity contribution in [2.45, 2.75) is 32.1 Å². The van der Waals surface area contributed by atoms with E-state index >= 15 is 0 Å². The van der Waals surface area contributed by atoms with Crippen molar-refractivity contribution in [1.82, 2.24) is 4.98 Å². The largest absolute Gasteiger partial charge is 0.497 e. The van der Waals surface area contributed by atoms with Crippen molar-refractivity contribution in [2.24, 2.45) is 0 Å². The second-order valence-electron chi connectivity index (χ2n) is 8.65. The number of hydrogen-bond acceptors (Lipinski definition) is 8. The molecular formula is C31H33NO7. The predicted molar refractivity (Wildman–Crippen MR) is 147 cm³/mol. The number of unbranched alkanes of at least 4 members (excludes halogenated alkanes) is 2. The van der Waals surface area contributed by atoms with Crippen LogP contribution < -0.4 is 9.47 Å². The maximum Gasteiger partial charge on any atom is 0.356 e. The normalized spacial score (nSPS) is 10.7.